The van der Waals surface area contributed by atoms with Gasteiger partial charge in [-0.15, -0.1) is 0 Å². The highest BCUT2D eigenvalue weighted by Gasteiger charge is 2.33. The van der Waals surface area contributed by atoms with Crippen LogP contribution in [0.15, 0.2) is 0 Å². The highest BCUT2D eigenvalue weighted by molar-refractivity contribution is 6.62. The summed E-state index contributed by atoms with van der Waals surface area (Å²) < 4.78 is 15.9. The van der Waals surface area contributed by atoms with Gasteiger partial charge in [0, 0.05) is 26.4 Å². The maximum Gasteiger partial charge on any atom is 0.500 e. The fourth-order valence-corrected chi connectivity index (χ4v) is 2.35. The molecule has 0 spiro atoms. The molecule has 0 heterocycles. The van der Waals surface area contributed by atoms with Crippen molar-refractivity contribution in [3.05, 3.63) is 6.55 Å². The molecule has 0 aromatic heterocycles. The largest absolute Gasteiger partial charge is 0.500 e. The Hall–Kier alpha value is 0.0969. The van der Waals surface area contributed by atoms with Crippen LogP contribution in [0.4, 0.5) is 0 Å². The lowest BCUT2D eigenvalue weighted by molar-refractivity contribution is 0.0835. The zero-order valence-electron chi connectivity index (χ0n) is 7.55. The summed E-state index contributed by atoms with van der Waals surface area (Å²) in [5, 5.41) is 0. The molecule has 0 aliphatic rings. The highest BCUT2D eigenvalue weighted by Crippen LogP contribution is 2.06. The zero-order chi connectivity index (χ0) is 8.74. The average Bonchev–Trinajstić information content (AvgIpc) is 1.88. The topological polar surface area (TPSA) is 27.7 Å². The molecule has 0 saturated carbocycles. The Bertz CT molecular complexity index is 80.7. The van der Waals surface area contributed by atoms with E-state index in [1.807, 2.05) is 20.8 Å². The van der Waals surface area contributed by atoms with Crippen molar-refractivity contribution in [3.63, 3.8) is 0 Å². The summed E-state index contributed by atoms with van der Waals surface area (Å²) in [6.45, 7) is 11.3. The van der Waals surface area contributed by atoms with Gasteiger partial charge in [-0.3, -0.25) is 0 Å². The highest BCUT2D eigenvalue weighted by atomic mass is 28.4. The van der Waals surface area contributed by atoms with E-state index < -0.39 is 8.80 Å². The summed E-state index contributed by atoms with van der Waals surface area (Å²) in [7, 11) is -2.50. The van der Waals surface area contributed by atoms with E-state index in [4.69, 9.17) is 13.3 Å². The minimum atomic E-state index is -2.50. The van der Waals surface area contributed by atoms with Crippen molar-refractivity contribution in [1.29, 1.82) is 0 Å². The molecule has 0 bridgehead atoms. The number of hydrogen-bond acceptors (Lipinski definition) is 3. The van der Waals surface area contributed by atoms with E-state index in [-0.39, 0.29) is 0 Å². The van der Waals surface area contributed by atoms with Crippen LogP contribution in [0.25, 0.3) is 0 Å². The minimum absolute atomic E-state index is 0.593. The van der Waals surface area contributed by atoms with Crippen LogP contribution in [0.3, 0.4) is 0 Å². The zero-order valence-corrected chi connectivity index (χ0v) is 8.55. The molecule has 0 atom stereocenters. The molecule has 0 fully saturated rings. The molecule has 11 heavy (non-hydrogen) atoms. The first kappa shape index (κ1) is 11.1. The van der Waals surface area contributed by atoms with Crippen LogP contribution in [-0.4, -0.2) is 28.6 Å². The summed E-state index contributed by atoms with van der Waals surface area (Å²) in [6.07, 6.45) is 0. The van der Waals surface area contributed by atoms with Gasteiger partial charge in [0.25, 0.3) is 0 Å². The van der Waals surface area contributed by atoms with Crippen LogP contribution < -0.4 is 0 Å². The van der Waals surface area contributed by atoms with Gasteiger partial charge in [-0.25, -0.2) is 0 Å². The first-order valence-electron chi connectivity index (χ1n) is 3.95. The van der Waals surface area contributed by atoms with E-state index in [2.05, 4.69) is 6.55 Å². The maximum absolute atomic E-state index is 5.29. The lowest BCUT2D eigenvalue weighted by Gasteiger charge is -2.23. The molecular formula is C7H17O3Si. The van der Waals surface area contributed by atoms with Gasteiger partial charge in [-0.1, -0.05) is 0 Å². The van der Waals surface area contributed by atoms with Crippen molar-refractivity contribution in [2.75, 3.05) is 19.8 Å². The van der Waals surface area contributed by atoms with Crippen molar-refractivity contribution in [2.45, 2.75) is 20.8 Å². The molecule has 0 rings (SSSR count). The van der Waals surface area contributed by atoms with Crippen molar-refractivity contribution < 1.29 is 13.3 Å². The summed E-state index contributed by atoms with van der Waals surface area (Å²) in [4.78, 5) is 0. The van der Waals surface area contributed by atoms with Crippen LogP contribution in [-0.2, 0) is 13.3 Å². The third-order valence-electron chi connectivity index (χ3n) is 1.09. The van der Waals surface area contributed by atoms with E-state index in [1.54, 1.807) is 0 Å². The Balaban J connectivity index is 3.79. The third kappa shape index (κ3) is 4.52. The standard InChI is InChI=1S/C7H17O3Si/c1-5-8-11(4,9-6-2)10-7-3/h4-7H2,1-3H3. The molecule has 3 nitrogen and oxygen atoms in total. The van der Waals surface area contributed by atoms with Crippen LogP contribution in [0.2, 0.25) is 0 Å². The maximum atomic E-state index is 5.29. The molecule has 0 aromatic rings. The lowest BCUT2D eigenvalue weighted by atomic mass is 10.9. The molecule has 1 radical (unpaired) electrons. The first-order chi connectivity index (χ1) is 5.18. The Labute approximate surface area is 70.0 Å². The predicted molar refractivity (Wildman–Crippen MR) is 46.0 cm³/mol. The number of hydrogen-bond donors (Lipinski definition) is 0. The Kier molecular flexibility index (Phi) is 5.76. The second-order valence-electron chi connectivity index (χ2n) is 1.98. The minimum Gasteiger partial charge on any atom is -0.374 e. The van der Waals surface area contributed by atoms with Crippen molar-refractivity contribution in [2.24, 2.45) is 0 Å². The third-order valence-corrected chi connectivity index (χ3v) is 3.28. The van der Waals surface area contributed by atoms with Gasteiger partial charge in [0.2, 0.25) is 0 Å². The molecule has 0 aliphatic heterocycles. The molecule has 67 valence electrons. The van der Waals surface area contributed by atoms with Gasteiger partial charge >= 0.3 is 8.80 Å². The van der Waals surface area contributed by atoms with Crippen LogP contribution in [0.1, 0.15) is 20.8 Å². The van der Waals surface area contributed by atoms with Crippen molar-refractivity contribution in [3.8, 4) is 0 Å². The summed E-state index contributed by atoms with van der Waals surface area (Å²) in [5.74, 6) is 0. The van der Waals surface area contributed by atoms with Crippen LogP contribution in [0.5, 0.6) is 0 Å². The molecule has 4 heteroatoms. The Morgan fingerprint density at radius 3 is 1.36 bits per heavy atom. The fraction of sp³-hybridized carbons (Fsp3) is 0.857. The predicted octanol–water partition coefficient (Wildman–Crippen LogP) is 1.41. The molecule has 0 aromatic carbocycles. The SMILES string of the molecule is [CH2][Si](OCC)(OCC)OCC. The van der Waals surface area contributed by atoms with Gasteiger partial charge in [-0.05, 0) is 20.8 Å². The molecular weight excluding hydrogens is 160 g/mol. The summed E-state index contributed by atoms with van der Waals surface area (Å²) in [6, 6.07) is 0. The summed E-state index contributed by atoms with van der Waals surface area (Å²) >= 11 is 0. The lowest BCUT2D eigenvalue weighted by Crippen LogP contribution is -2.43. The van der Waals surface area contributed by atoms with Crippen molar-refractivity contribution in [1.82, 2.24) is 0 Å². The molecule has 0 amide bonds. The van der Waals surface area contributed by atoms with Gasteiger partial charge in [0.15, 0.2) is 0 Å². The van der Waals surface area contributed by atoms with Gasteiger partial charge < -0.3 is 13.3 Å². The van der Waals surface area contributed by atoms with Gasteiger partial charge in [0.05, 0.1) is 0 Å². The van der Waals surface area contributed by atoms with Crippen LogP contribution >= 0.6 is 0 Å². The van der Waals surface area contributed by atoms with E-state index in [9.17, 15) is 0 Å². The molecule has 0 unspecified atom stereocenters. The Morgan fingerprint density at radius 1 is 0.909 bits per heavy atom. The van der Waals surface area contributed by atoms with Crippen molar-refractivity contribution >= 4 is 8.80 Å². The second kappa shape index (κ2) is 5.71. The normalized spacial score (nSPS) is 12.0. The first-order valence-corrected chi connectivity index (χ1v) is 5.89. The summed E-state index contributed by atoms with van der Waals surface area (Å²) in [5.41, 5.74) is 0. The fourth-order valence-electron chi connectivity index (χ4n) is 0.785. The smallest absolute Gasteiger partial charge is 0.374 e. The van der Waals surface area contributed by atoms with E-state index in [0.717, 1.165) is 0 Å². The van der Waals surface area contributed by atoms with Crippen LogP contribution in [0, 0.1) is 6.55 Å². The molecule has 0 saturated heterocycles. The second-order valence-corrected chi connectivity index (χ2v) is 4.21. The average molecular weight is 177 g/mol. The monoisotopic (exact) mass is 177 g/mol. The van der Waals surface area contributed by atoms with E-state index >= 15 is 0 Å². The quantitative estimate of drug-likeness (QED) is 0.574. The van der Waals surface area contributed by atoms with Gasteiger partial charge in [-0.2, -0.15) is 0 Å². The van der Waals surface area contributed by atoms with E-state index in [0.29, 0.717) is 19.8 Å². The molecule has 0 aliphatic carbocycles. The van der Waals surface area contributed by atoms with E-state index in [1.165, 1.54) is 0 Å². The Morgan fingerprint density at radius 2 is 1.18 bits per heavy atom. The van der Waals surface area contributed by atoms with Gasteiger partial charge in [0.1, 0.15) is 0 Å². The molecule has 0 N–H and O–H groups in total. The number of rotatable bonds is 6.